The number of hydrogen-bond donors (Lipinski definition) is 1. The molecule has 0 fully saturated rings. The number of ether oxygens (including phenoxy) is 1. The highest BCUT2D eigenvalue weighted by Gasteiger charge is 2.22. The van der Waals surface area contributed by atoms with Gasteiger partial charge in [-0.15, -0.1) is 0 Å². The van der Waals surface area contributed by atoms with Crippen molar-refractivity contribution in [1.82, 2.24) is 3.96 Å². The van der Waals surface area contributed by atoms with Gasteiger partial charge in [-0.05, 0) is 56.4 Å². The molecule has 26 heavy (non-hydrogen) atoms. The van der Waals surface area contributed by atoms with E-state index in [1.54, 1.807) is 12.1 Å². The van der Waals surface area contributed by atoms with Crippen molar-refractivity contribution in [2.24, 2.45) is 10.9 Å². The Morgan fingerprint density at radius 1 is 1.35 bits per heavy atom. The fraction of sp³-hybridized carbons (Fsp3) is 0.474. The van der Waals surface area contributed by atoms with Crippen LogP contribution in [0.3, 0.4) is 0 Å². The molecule has 0 aliphatic heterocycles. The minimum atomic E-state index is -0.706. The first-order chi connectivity index (χ1) is 12.0. The van der Waals surface area contributed by atoms with Crippen LogP contribution in [0, 0.1) is 5.92 Å². The van der Waals surface area contributed by atoms with E-state index >= 15 is 0 Å². The van der Waals surface area contributed by atoms with E-state index in [9.17, 15) is 9.90 Å². The number of benzene rings is 1. The van der Waals surface area contributed by atoms with Crippen molar-refractivity contribution in [2.45, 2.75) is 46.3 Å². The lowest BCUT2D eigenvalue weighted by Crippen LogP contribution is -2.18. The van der Waals surface area contributed by atoms with Gasteiger partial charge < -0.3 is 9.84 Å². The molecule has 0 saturated heterocycles. The fourth-order valence-electron chi connectivity index (χ4n) is 2.33. The summed E-state index contributed by atoms with van der Waals surface area (Å²) in [5.74, 6) is -0.0402. The first kappa shape index (κ1) is 20.7. The molecule has 142 valence electrons. The maximum atomic E-state index is 12.8. The minimum Gasteiger partial charge on any atom is -0.496 e. The molecule has 1 aromatic carbocycles. The molecule has 2 rings (SSSR count). The summed E-state index contributed by atoms with van der Waals surface area (Å²) in [6.45, 7) is 10.0. The van der Waals surface area contributed by atoms with Crippen molar-refractivity contribution < 1.29 is 14.6 Å². The van der Waals surface area contributed by atoms with Crippen LogP contribution in [-0.2, 0) is 5.54 Å². The van der Waals surface area contributed by atoms with Gasteiger partial charge in [0.15, 0.2) is 0 Å². The Morgan fingerprint density at radius 3 is 2.54 bits per heavy atom. The third-order valence-corrected chi connectivity index (χ3v) is 5.48. The van der Waals surface area contributed by atoms with Gasteiger partial charge >= 0.3 is 0 Å². The SMILES string of the molecule is COc1ccc(Cl)cc1C(=O)N=c1sn(C(C)(C)C)cc1C(O)C(C)C. The first-order valence-corrected chi connectivity index (χ1v) is 9.53. The van der Waals surface area contributed by atoms with Crippen molar-refractivity contribution in [3.63, 3.8) is 0 Å². The van der Waals surface area contributed by atoms with Gasteiger partial charge in [0, 0.05) is 22.3 Å². The third kappa shape index (κ3) is 4.55. The summed E-state index contributed by atoms with van der Waals surface area (Å²) in [6, 6.07) is 4.83. The molecule has 0 aliphatic carbocycles. The van der Waals surface area contributed by atoms with Gasteiger partial charge in [0.1, 0.15) is 10.4 Å². The third-order valence-electron chi connectivity index (χ3n) is 3.89. The largest absolute Gasteiger partial charge is 0.496 e. The number of aliphatic hydroxyl groups is 1. The number of methoxy groups -OCH3 is 1. The Hall–Kier alpha value is -1.63. The lowest BCUT2D eigenvalue weighted by atomic mass is 10.0. The number of hydrogen-bond acceptors (Lipinski definition) is 4. The van der Waals surface area contributed by atoms with E-state index in [1.165, 1.54) is 24.7 Å². The molecule has 5 nitrogen and oxygen atoms in total. The van der Waals surface area contributed by atoms with E-state index in [4.69, 9.17) is 16.3 Å². The van der Waals surface area contributed by atoms with Crippen molar-refractivity contribution in [1.29, 1.82) is 0 Å². The average molecular weight is 397 g/mol. The van der Waals surface area contributed by atoms with Crippen LogP contribution in [0.2, 0.25) is 5.02 Å². The molecule has 0 bridgehead atoms. The molecule has 0 spiro atoms. The van der Waals surface area contributed by atoms with Crippen LogP contribution in [0.5, 0.6) is 5.75 Å². The normalized spacial score (nSPS) is 14.0. The maximum absolute atomic E-state index is 12.8. The molecule has 1 heterocycles. The van der Waals surface area contributed by atoms with E-state index in [2.05, 4.69) is 25.8 Å². The van der Waals surface area contributed by atoms with Crippen LogP contribution in [0.1, 0.15) is 56.6 Å². The second-order valence-electron chi connectivity index (χ2n) is 7.43. The number of carbonyl (C=O) groups excluding carboxylic acids is 1. The van der Waals surface area contributed by atoms with Gasteiger partial charge in [0.25, 0.3) is 5.91 Å². The highest BCUT2D eigenvalue weighted by Crippen LogP contribution is 2.26. The number of nitrogens with zero attached hydrogens (tertiary/aromatic N) is 2. The standard InChI is InChI=1S/C19H25ClN2O3S/c1-11(2)16(23)14-10-22(19(3,4)5)26-18(14)21-17(24)13-9-12(20)7-8-15(13)25-6/h7-11,16,23H,1-6H3. The number of rotatable bonds is 4. The average Bonchev–Trinajstić information content (AvgIpc) is 2.97. The summed E-state index contributed by atoms with van der Waals surface area (Å²) < 4.78 is 7.73. The zero-order valence-electron chi connectivity index (χ0n) is 15.9. The molecule has 1 unspecified atom stereocenters. The van der Waals surface area contributed by atoms with E-state index in [0.29, 0.717) is 26.6 Å². The number of aliphatic hydroxyl groups excluding tert-OH is 1. The van der Waals surface area contributed by atoms with Gasteiger partial charge in [-0.25, -0.2) is 0 Å². The van der Waals surface area contributed by atoms with Gasteiger partial charge in [-0.3, -0.25) is 8.75 Å². The Morgan fingerprint density at radius 2 is 2.00 bits per heavy atom. The molecule has 0 saturated carbocycles. The van der Waals surface area contributed by atoms with Crippen LogP contribution in [0.25, 0.3) is 0 Å². The lowest BCUT2D eigenvalue weighted by Gasteiger charge is -2.19. The molecular formula is C19H25ClN2O3S. The van der Waals surface area contributed by atoms with Gasteiger partial charge in [-0.2, -0.15) is 4.99 Å². The summed E-state index contributed by atoms with van der Waals surface area (Å²) in [4.78, 5) is 17.0. The monoisotopic (exact) mass is 396 g/mol. The quantitative estimate of drug-likeness (QED) is 0.833. The number of halogens is 1. The second kappa shape index (κ2) is 7.94. The van der Waals surface area contributed by atoms with Gasteiger partial charge in [0.2, 0.25) is 0 Å². The van der Waals surface area contributed by atoms with Crippen molar-refractivity contribution in [3.05, 3.63) is 45.2 Å². The van der Waals surface area contributed by atoms with Crippen molar-refractivity contribution in [2.75, 3.05) is 7.11 Å². The van der Waals surface area contributed by atoms with Crippen LogP contribution in [0.4, 0.5) is 0 Å². The molecular weight excluding hydrogens is 372 g/mol. The molecule has 0 radical (unpaired) electrons. The fourth-order valence-corrected chi connectivity index (χ4v) is 3.53. The zero-order valence-corrected chi connectivity index (χ0v) is 17.5. The topological polar surface area (TPSA) is 63.8 Å². The summed E-state index contributed by atoms with van der Waals surface area (Å²) in [6.07, 6.45) is 1.17. The smallest absolute Gasteiger partial charge is 0.282 e. The predicted molar refractivity (Wildman–Crippen MR) is 105 cm³/mol. The summed E-state index contributed by atoms with van der Waals surface area (Å²) >= 11 is 7.37. The van der Waals surface area contributed by atoms with Crippen molar-refractivity contribution >= 4 is 29.0 Å². The second-order valence-corrected chi connectivity index (χ2v) is 8.83. The van der Waals surface area contributed by atoms with E-state index < -0.39 is 12.0 Å². The number of carbonyl (C=O) groups is 1. The molecule has 1 amide bonds. The van der Waals surface area contributed by atoms with E-state index in [1.807, 2.05) is 24.0 Å². The number of amides is 1. The predicted octanol–water partition coefficient (Wildman–Crippen LogP) is 4.40. The number of aromatic nitrogens is 1. The van der Waals surface area contributed by atoms with E-state index in [0.717, 1.165) is 0 Å². The minimum absolute atomic E-state index is 0.00257. The summed E-state index contributed by atoms with van der Waals surface area (Å²) in [5.41, 5.74) is 0.760. The molecule has 7 heteroatoms. The summed E-state index contributed by atoms with van der Waals surface area (Å²) in [5, 5.41) is 11.0. The Labute approximate surface area is 163 Å². The lowest BCUT2D eigenvalue weighted by molar-refractivity contribution is 0.0994. The van der Waals surface area contributed by atoms with Crippen LogP contribution >= 0.6 is 23.1 Å². The maximum Gasteiger partial charge on any atom is 0.282 e. The molecule has 1 aromatic heterocycles. The molecule has 1 N–H and O–H groups in total. The highest BCUT2D eigenvalue weighted by atomic mass is 35.5. The summed E-state index contributed by atoms with van der Waals surface area (Å²) in [7, 11) is 1.49. The Balaban J connectivity index is 2.61. The molecule has 0 aliphatic rings. The molecule has 1 atom stereocenters. The van der Waals surface area contributed by atoms with E-state index in [-0.39, 0.29) is 11.5 Å². The Kier molecular flexibility index (Phi) is 6.32. The molecule has 2 aromatic rings. The van der Waals surface area contributed by atoms with Crippen LogP contribution in [0.15, 0.2) is 29.4 Å². The van der Waals surface area contributed by atoms with Gasteiger partial charge in [-0.1, -0.05) is 25.4 Å². The Bertz CT molecular complexity index is 862. The highest BCUT2D eigenvalue weighted by molar-refractivity contribution is 7.04. The van der Waals surface area contributed by atoms with Crippen LogP contribution < -0.4 is 9.41 Å². The van der Waals surface area contributed by atoms with Crippen molar-refractivity contribution in [3.8, 4) is 5.75 Å². The first-order valence-electron chi connectivity index (χ1n) is 8.38. The zero-order chi connectivity index (χ0) is 19.6. The van der Waals surface area contributed by atoms with Crippen LogP contribution in [-0.4, -0.2) is 22.1 Å². The van der Waals surface area contributed by atoms with Gasteiger partial charge in [0.05, 0.1) is 18.8 Å².